The SMILES string of the molecule is COc1ccccc1N1CC(C(=O)N2CCCC(C)(C(=O)O)C2)CC1=O. The summed E-state index contributed by atoms with van der Waals surface area (Å²) in [6, 6.07) is 7.22. The van der Waals surface area contributed by atoms with E-state index in [1.165, 1.54) is 0 Å². The Balaban J connectivity index is 1.74. The Bertz CT molecular complexity index is 734. The molecule has 2 unspecified atom stereocenters. The highest BCUT2D eigenvalue weighted by atomic mass is 16.5. The summed E-state index contributed by atoms with van der Waals surface area (Å²) in [6.45, 7) is 2.70. The van der Waals surface area contributed by atoms with Gasteiger partial charge in [0.25, 0.3) is 0 Å². The number of hydrogen-bond acceptors (Lipinski definition) is 4. The van der Waals surface area contributed by atoms with Crippen LogP contribution in [-0.2, 0) is 14.4 Å². The number of methoxy groups -OCH3 is 1. The number of ether oxygens (including phenoxy) is 1. The van der Waals surface area contributed by atoms with E-state index in [1.54, 1.807) is 36.0 Å². The lowest BCUT2D eigenvalue weighted by Crippen LogP contribution is -2.50. The number of nitrogens with zero attached hydrogens (tertiary/aromatic N) is 2. The second-order valence-corrected chi connectivity index (χ2v) is 7.31. The van der Waals surface area contributed by atoms with Gasteiger partial charge in [-0.05, 0) is 31.9 Å². The van der Waals surface area contributed by atoms with Crippen LogP contribution >= 0.6 is 0 Å². The first kappa shape index (κ1) is 18.2. The molecule has 2 heterocycles. The molecule has 140 valence electrons. The molecule has 0 radical (unpaired) electrons. The summed E-state index contributed by atoms with van der Waals surface area (Å²) in [6.07, 6.45) is 1.35. The minimum absolute atomic E-state index is 0.120. The van der Waals surface area contributed by atoms with Gasteiger partial charge in [0.05, 0.1) is 24.1 Å². The van der Waals surface area contributed by atoms with Crippen LogP contribution in [0.25, 0.3) is 0 Å². The van der Waals surface area contributed by atoms with Gasteiger partial charge in [0.2, 0.25) is 11.8 Å². The van der Waals surface area contributed by atoms with E-state index in [-0.39, 0.29) is 24.8 Å². The van der Waals surface area contributed by atoms with E-state index >= 15 is 0 Å². The Hall–Kier alpha value is -2.57. The number of carboxylic acid groups (broad SMARTS) is 1. The first-order valence-corrected chi connectivity index (χ1v) is 8.81. The van der Waals surface area contributed by atoms with Gasteiger partial charge in [-0.2, -0.15) is 0 Å². The van der Waals surface area contributed by atoms with Gasteiger partial charge >= 0.3 is 5.97 Å². The van der Waals surface area contributed by atoms with Gasteiger partial charge < -0.3 is 19.6 Å². The number of carbonyl (C=O) groups excluding carboxylic acids is 2. The van der Waals surface area contributed by atoms with Crippen LogP contribution in [-0.4, -0.2) is 54.5 Å². The molecular formula is C19H24N2O5. The summed E-state index contributed by atoms with van der Waals surface area (Å²) >= 11 is 0. The molecule has 2 saturated heterocycles. The van der Waals surface area contributed by atoms with E-state index in [2.05, 4.69) is 0 Å². The molecule has 1 N–H and O–H groups in total. The molecule has 7 nitrogen and oxygen atoms in total. The van der Waals surface area contributed by atoms with Crippen molar-refractivity contribution in [2.75, 3.05) is 31.6 Å². The number of amides is 2. The fraction of sp³-hybridized carbons (Fsp3) is 0.526. The van der Waals surface area contributed by atoms with Crippen LogP contribution in [0.1, 0.15) is 26.2 Å². The highest BCUT2D eigenvalue weighted by Crippen LogP contribution is 2.35. The van der Waals surface area contributed by atoms with Crippen molar-refractivity contribution in [2.24, 2.45) is 11.3 Å². The third-order valence-corrected chi connectivity index (χ3v) is 5.37. The van der Waals surface area contributed by atoms with Crippen LogP contribution in [0.5, 0.6) is 5.75 Å². The first-order valence-electron chi connectivity index (χ1n) is 8.81. The van der Waals surface area contributed by atoms with Crippen LogP contribution in [0.3, 0.4) is 0 Å². The number of hydrogen-bond donors (Lipinski definition) is 1. The van der Waals surface area contributed by atoms with Gasteiger partial charge in [0, 0.05) is 26.1 Å². The molecule has 0 aromatic heterocycles. The average molecular weight is 360 g/mol. The average Bonchev–Trinajstić information content (AvgIpc) is 3.02. The third-order valence-electron chi connectivity index (χ3n) is 5.37. The molecule has 0 bridgehead atoms. The number of piperidine rings is 1. The first-order chi connectivity index (χ1) is 12.4. The van der Waals surface area contributed by atoms with Gasteiger partial charge in [0.15, 0.2) is 0 Å². The van der Waals surface area contributed by atoms with Crippen LogP contribution in [0.15, 0.2) is 24.3 Å². The minimum Gasteiger partial charge on any atom is -0.495 e. The van der Waals surface area contributed by atoms with Crippen molar-refractivity contribution in [1.82, 2.24) is 4.90 Å². The summed E-state index contributed by atoms with van der Waals surface area (Å²) in [5.74, 6) is -1.00. The number of carboxylic acids is 1. The van der Waals surface area contributed by atoms with Gasteiger partial charge in [-0.15, -0.1) is 0 Å². The summed E-state index contributed by atoms with van der Waals surface area (Å²) < 4.78 is 5.32. The Kier molecular flexibility index (Phi) is 4.89. The van der Waals surface area contributed by atoms with Crippen LogP contribution in [0.2, 0.25) is 0 Å². The smallest absolute Gasteiger partial charge is 0.311 e. The number of carbonyl (C=O) groups is 3. The zero-order chi connectivity index (χ0) is 18.9. The summed E-state index contributed by atoms with van der Waals surface area (Å²) in [4.78, 5) is 40.1. The predicted molar refractivity (Wildman–Crippen MR) is 95.0 cm³/mol. The second kappa shape index (κ2) is 6.97. The number of rotatable bonds is 4. The molecule has 3 rings (SSSR count). The van der Waals surface area contributed by atoms with E-state index in [1.807, 2.05) is 12.1 Å². The maximum Gasteiger partial charge on any atom is 0.311 e. The van der Waals surface area contributed by atoms with Gasteiger partial charge in [-0.3, -0.25) is 14.4 Å². The number of aliphatic carboxylic acids is 1. The van der Waals surface area contributed by atoms with Crippen LogP contribution in [0, 0.1) is 11.3 Å². The molecule has 2 fully saturated rings. The highest BCUT2D eigenvalue weighted by Gasteiger charge is 2.43. The third kappa shape index (κ3) is 3.25. The molecule has 0 aliphatic carbocycles. The lowest BCUT2D eigenvalue weighted by atomic mass is 9.81. The maximum absolute atomic E-state index is 12.9. The second-order valence-electron chi connectivity index (χ2n) is 7.31. The zero-order valence-corrected chi connectivity index (χ0v) is 15.1. The number of benzene rings is 1. The van der Waals surface area contributed by atoms with Gasteiger partial charge in [-0.25, -0.2) is 0 Å². The Morgan fingerprint density at radius 1 is 1.31 bits per heavy atom. The molecule has 1 aromatic rings. The molecule has 2 amide bonds. The van der Waals surface area contributed by atoms with Crippen molar-refractivity contribution in [1.29, 1.82) is 0 Å². The van der Waals surface area contributed by atoms with Crippen molar-refractivity contribution in [3.63, 3.8) is 0 Å². The van der Waals surface area contributed by atoms with Crippen molar-refractivity contribution < 1.29 is 24.2 Å². The van der Waals surface area contributed by atoms with Crippen molar-refractivity contribution >= 4 is 23.5 Å². The molecule has 26 heavy (non-hydrogen) atoms. The fourth-order valence-corrected chi connectivity index (χ4v) is 3.82. The molecular weight excluding hydrogens is 336 g/mol. The van der Waals surface area contributed by atoms with E-state index in [4.69, 9.17) is 4.74 Å². The van der Waals surface area contributed by atoms with E-state index < -0.39 is 17.3 Å². The summed E-state index contributed by atoms with van der Waals surface area (Å²) in [5.41, 5.74) is -0.261. The normalized spacial score (nSPS) is 26.1. The lowest BCUT2D eigenvalue weighted by molar-refractivity contribution is -0.154. The lowest BCUT2D eigenvalue weighted by Gasteiger charge is -2.38. The molecule has 0 saturated carbocycles. The Morgan fingerprint density at radius 2 is 2.04 bits per heavy atom. The molecule has 2 aliphatic rings. The Labute approximate surface area is 152 Å². The zero-order valence-electron chi connectivity index (χ0n) is 15.1. The molecule has 2 atom stereocenters. The number of para-hydroxylation sites is 2. The number of anilines is 1. The monoisotopic (exact) mass is 360 g/mol. The summed E-state index contributed by atoms with van der Waals surface area (Å²) in [5, 5.41) is 9.44. The van der Waals surface area contributed by atoms with Crippen molar-refractivity contribution in [3.8, 4) is 5.75 Å². The van der Waals surface area contributed by atoms with E-state index in [9.17, 15) is 19.5 Å². The molecule has 0 spiro atoms. The maximum atomic E-state index is 12.9. The molecule has 7 heteroatoms. The van der Waals surface area contributed by atoms with Gasteiger partial charge in [0.1, 0.15) is 5.75 Å². The number of likely N-dealkylation sites (tertiary alicyclic amines) is 1. The van der Waals surface area contributed by atoms with Crippen molar-refractivity contribution in [2.45, 2.75) is 26.2 Å². The van der Waals surface area contributed by atoms with Gasteiger partial charge in [-0.1, -0.05) is 12.1 Å². The fourth-order valence-electron chi connectivity index (χ4n) is 3.82. The summed E-state index contributed by atoms with van der Waals surface area (Å²) in [7, 11) is 1.54. The quantitative estimate of drug-likeness (QED) is 0.884. The molecule has 2 aliphatic heterocycles. The largest absolute Gasteiger partial charge is 0.495 e. The minimum atomic E-state index is -0.918. The van der Waals surface area contributed by atoms with Crippen LogP contribution in [0.4, 0.5) is 5.69 Å². The van der Waals surface area contributed by atoms with E-state index in [0.29, 0.717) is 37.4 Å². The van der Waals surface area contributed by atoms with E-state index in [0.717, 1.165) is 0 Å². The standard InChI is InChI=1S/C19H24N2O5/c1-19(18(24)25)8-5-9-20(12-19)17(23)13-10-16(22)21(11-13)14-6-3-4-7-15(14)26-2/h3-4,6-7,13H,5,8-12H2,1-2H3,(H,24,25). The highest BCUT2D eigenvalue weighted by molar-refractivity contribution is 6.01. The molecule has 1 aromatic carbocycles. The van der Waals surface area contributed by atoms with Crippen LogP contribution < -0.4 is 9.64 Å². The predicted octanol–water partition coefficient (Wildman–Crippen LogP) is 1.76. The Morgan fingerprint density at radius 3 is 2.73 bits per heavy atom. The van der Waals surface area contributed by atoms with Crippen molar-refractivity contribution in [3.05, 3.63) is 24.3 Å². The topological polar surface area (TPSA) is 87.2 Å².